The molecule has 1 fully saturated rings. The van der Waals surface area contributed by atoms with Crippen LogP contribution in [0.1, 0.15) is 36.5 Å². The second-order valence-electron chi connectivity index (χ2n) is 6.51. The van der Waals surface area contributed by atoms with Crippen LogP contribution in [0.3, 0.4) is 0 Å². The van der Waals surface area contributed by atoms with Gasteiger partial charge in [-0.2, -0.15) is 0 Å². The smallest absolute Gasteiger partial charge is 0.255 e. The van der Waals surface area contributed by atoms with Crippen molar-refractivity contribution >= 4 is 40.5 Å². The molecule has 0 spiro atoms. The molecule has 0 aliphatic carbocycles. The van der Waals surface area contributed by atoms with Gasteiger partial charge in [0, 0.05) is 29.5 Å². The summed E-state index contributed by atoms with van der Waals surface area (Å²) >= 11 is 12.2. The normalized spacial score (nSPS) is 17.1. The zero-order valence-corrected chi connectivity index (χ0v) is 16.4. The Bertz CT molecular complexity index is 770. The summed E-state index contributed by atoms with van der Waals surface area (Å²) < 4.78 is 5.11. The molecule has 6 heteroatoms. The van der Waals surface area contributed by atoms with E-state index < -0.39 is 0 Å². The quantitative estimate of drug-likeness (QED) is 0.732. The first-order chi connectivity index (χ1) is 12.5. The van der Waals surface area contributed by atoms with Crippen LogP contribution >= 0.6 is 23.2 Å². The van der Waals surface area contributed by atoms with Crippen molar-refractivity contribution in [2.24, 2.45) is 0 Å². The summed E-state index contributed by atoms with van der Waals surface area (Å²) in [5.41, 5.74) is 2.30. The van der Waals surface area contributed by atoms with Gasteiger partial charge in [-0.25, -0.2) is 0 Å². The summed E-state index contributed by atoms with van der Waals surface area (Å²) in [4.78, 5) is 14.9. The Balaban J connectivity index is 1.72. The van der Waals surface area contributed by atoms with Crippen LogP contribution in [0.5, 0.6) is 5.75 Å². The molecule has 1 aliphatic rings. The van der Waals surface area contributed by atoms with Gasteiger partial charge in [-0.3, -0.25) is 4.79 Å². The van der Waals surface area contributed by atoms with Crippen LogP contribution in [0, 0.1) is 0 Å². The van der Waals surface area contributed by atoms with Gasteiger partial charge in [-0.1, -0.05) is 23.2 Å². The fraction of sp³-hybridized carbons (Fsp3) is 0.350. The Morgan fingerprint density at radius 2 is 1.81 bits per heavy atom. The van der Waals surface area contributed by atoms with Gasteiger partial charge < -0.3 is 15.0 Å². The lowest BCUT2D eigenvalue weighted by Crippen LogP contribution is -2.37. The first-order valence-corrected chi connectivity index (χ1v) is 9.46. The van der Waals surface area contributed by atoms with Gasteiger partial charge in [0.05, 0.1) is 17.2 Å². The molecule has 0 aromatic heterocycles. The molecule has 1 N–H and O–H groups in total. The predicted molar refractivity (Wildman–Crippen MR) is 108 cm³/mol. The third kappa shape index (κ3) is 4.08. The van der Waals surface area contributed by atoms with Crippen molar-refractivity contribution in [1.29, 1.82) is 0 Å². The second-order valence-corrected chi connectivity index (χ2v) is 7.33. The molecule has 0 saturated carbocycles. The van der Waals surface area contributed by atoms with Crippen LogP contribution in [-0.4, -0.2) is 25.6 Å². The maximum atomic E-state index is 12.5. The first kappa shape index (κ1) is 18.9. The molecular formula is C20H22Cl2N2O2. The van der Waals surface area contributed by atoms with Crippen LogP contribution in [0.2, 0.25) is 10.0 Å². The summed E-state index contributed by atoms with van der Waals surface area (Å²) in [7, 11) is 1.48. The van der Waals surface area contributed by atoms with Crippen LogP contribution in [0.4, 0.5) is 11.4 Å². The molecule has 0 radical (unpaired) electrons. The Hall–Kier alpha value is -1.91. The van der Waals surface area contributed by atoms with E-state index in [1.165, 1.54) is 32.1 Å². The molecule has 0 bridgehead atoms. The maximum absolute atomic E-state index is 12.5. The molecule has 138 valence electrons. The Morgan fingerprint density at radius 3 is 2.38 bits per heavy atom. The highest BCUT2D eigenvalue weighted by atomic mass is 35.5. The molecule has 1 aliphatic heterocycles. The third-order valence-corrected chi connectivity index (χ3v) is 5.29. The number of benzene rings is 2. The number of carbonyl (C=O) groups excluding carboxylic acids is 1. The Labute approximate surface area is 164 Å². The Kier molecular flexibility index (Phi) is 5.94. The number of amides is 1. The molecule has 26 heavy (non-hydrogen) atoms. The molecule has 4 nitrogen and oxygen atoms in total. The molecule has 2 aromatic rings. The largest absolute Gasteiger partial charge is 0.494 e. The van der Waals surface area contributed by atoms with E-state index in [9.17, 15) is 4.79 Å². The van der Waals surface area contributed by atoms with Gasteiger partial charge in [0.15, 0.2) is 5.75 Å². The molecule has 3 rings (SSSR count). The number of methoxy groups -OCH3 is 1. The standard InChI is InChI=1S/C20H22Cl2N2O2/c1-13-5-3-4-10-24(13)16-8-6-15(7-9-16)23-20(25)14-11-17(21)19(26-2)18(22)12-14/h6-9,11-13H,3-5,10H2,1-2H3,(H,23,25)/t13-/m0/s1. The van der Waals surface area contributed by atoms with Gasteiger partial charge in [0.1, 0.15) is 0 Å². The number of nitrogens with one attached hydrogen (secondary N) is 1. The number of anilines is 2. The molecule has 0 unspecified atom stereocenters. The maximum Gasteiger partial charge on any atom is 0.255 e. The number of carbonyl (C=O) groups is 1. The van der Waals surface area contributed by atoms with Crippen LogP contribution in [0.25, 0.3) is 0 Å². The second kappa shape index (κ2) is 8.19. The van der Waals surface area contributed by atoms with Gasteiger partial charge in [0.25, 0.3) is 5.91 Å². The van der Waals surface area contributed by atoms with Crippen molar-refractivity contribution < 1.29 is 9.53 Å². The number of halogens is 2. The minimum absolute atomic E-state index is 0.268. The number of hydrogen-bond donors (Lipinski definition) is 1. The van der Waals surface area contributed by atoms with Crippen LogP contribution in [0.15, 0.2) is 36.4 Å². The highest BCUT2D eigenvalue weighted by Gasteiger charge is 2.18. The zero-order chi connectivity index (χ0) is 18.7. The van der Waals surface area contributed by atoms with Gasteiger partial charge in [0.2, 0.25) is 0 Å². The van der Waals surface area contributed by atoms with E-state index >= 15 is 0 Å². The van der Waals surface area contributed by atoms with Crippen LogP contribution in [-0.2, 0) is 0 Å². The lowest BCUT2D eigenvalue weighted by molar-refractivity contribution is 0.102. The molecule has 1 amide bonds. The highest BCUT2D eigenvalue weighted by Crippen LogP contribution is 2.34. The monoisotopic (exact) mass is 392 g/mol. The van der Waals surface area contributed by atoms with E-state index in [1.54, 1.807) is 12.1 Å². The van der Waals surface area contributed by atoms with E-state index in [0.29, 0.717) is 27.4 Å². The molecule has 1 heterocycles. The fourth-order valence-corrected chi connectivity index (χ4v) is 3.95. The van der Waals surface area contributed by atoms with Crippen molar-refractivity contribution in [1.82, 2.24) is 0 Å². The van der Waals surface area contributed by atoms with Gasteiger partial charge >= 0.3 is 0 Å². The lowest BCUT2D eigenvalue weighted by atomic mass is 10.0. The van der Waals surface area contributed by atoms with E-state index in [-0.39, 0.29) is 5.91 Å². The Morgan fingerprint density at radius 1 is 1.15 bits per heavy atom. The van der Waals surface area contributed by atoms with E-state index in [2.05, 4.69) is 17.1 Å². The average molecular weight is 393 g/mol. The van der Waals surface area contributed by atoms with Gasteiger partial charge in [-0.05, 0) is 62.6 Å². The summed E-state index contributed by atoms with van der Waals surface area (Å²) in [6.07, 6.45) is 3.73. The number of ether oxygens (including phenoxy) is 1. The van der Waals surface area contributed by atoms with Crippen molar-refractivity contribution in [2.45, 2.75) is 32.2 Å². The van der Waals surface area contributed by atoms with E-state index in [1.807, 2.05) is 24.3 Å². The molecular weight excluding hydrogens is 371 g/mol. The van der Waals surface area contributed by atoms with Crippen molar-refractivity contribution in [3.05, 3.63) is 52.0 Å². The number of rotatable bonds is 4. The first-order valence-electron chi connectivity index (χ1n) is 8.70. The van der Waals surface area contributed by atoms with Crippen LogP contribution < -0.4 is 15.0 Å². The summed E-state index contributed by atoms with van der Waals surface area (Å²) in [6.45, 7) is 3.34. The minimum atomic E-state index is -0.268. The molecule has 1 saturated heterocycles. The third-order valence-electron chi connectivity index (χ3n) is 4.72. The molecule has 1 atom stereocenters. The number of hydrogen-bond acceptors (Lipinski definition) is 3. The molecule has 2 aromatic carbocycles. The summed E-state index contributed by atoms with van der Waals surface area (Å²) in [5, 5.41) is 3.49. The zero-order valence-electron chi connectivity index (χ0n) is 14.9. The SMILES string of the molecule is COc1c(Cl)cc(C(=O)Nc2ccc(N3CCCC[C@@H]3C)cc2)cc1Cl. The fourth-order valence-electron chi connectivity index (χ4n) is 3.31. The highest BCUT2D eigenvalue weighted by molar-refractivity contribution is 6.37. The summed E-state index contributed by atoms with van der Waals surface area (Å²) in [6, 6.07) is 11.6. The predicted octanol–water partition coefficient (Wildman–Crippen LogP) is 5.63. The lowest BCUT2D eigenvalue weighted by Gasteiger charge is -2.35. The topological polar surface area (TPSA) is 41.6 Å². The van der Waals surface area contributed by atoms with E-state index in [4.69, 9.17) is 27.9 Å². The van der Waals surface area contributed by atoms with E-state index in [0.717, 1.165) is 12.2 Å². The number of piperidine rings is 1. The van der Waals surface area contributed by atoms with Gasteiger partial charge in [-0.15, -0.1) is 0 Å². The average Bonchev–Trinajstić information content (AvgIpc) is 2.62. The number of nitrogens with zero attached hydrogens (tertiary/aromatic N) is 1. The van der Waals surface area contributed by atoms with Crippen molar-refractivity contribution in [3.8, 4) is 5.75 Å². The summed E-state index contributed by atoms with van der Waals surface area (Å²) in [5.74, 6) is 0.0976. The van der Waals surface area contributed by atoms with Crippen molar-refractivity contribution in [2.75, 3.05) is 23.9 Å². The minimum Gasteiger partial charge on any atom is -0.494 e. The van der Waals surface area contributed by atoms with Crippen molar-refractivity contribution in [3.63, 3.8) is 0 Å².